The van der Waals surface area contributed by atoms with Crippen molar-refractivity contribution in [3.8, 4) is 0 Å². The number of hydrogen-bond donors (Lipinski definition) is 0. The zero-order chi connectivity index (χ0) is 19.7. The van der Waals surface area contributed by atoms with Crippen LogP contribution in [0.2, 0.25) is 0 Å². The van der Waals surface area contributed by atoms with Crippen LogP contribution in [-0.2, 0) is 15.1 Å². The minimum atomic E-state index is -6.43. The Morgan fingerprint density at radius 2 is 1.60 bits per heavy atom. The third-order valence-electron chi connectivity index (χ3n) is 3.72. The molecule has 142 valence electrons. The van der Waals surface area contributed by atoms with Crippen LogP contribution >= 0.6 is 0 Å². The molecular formula is C15H15F7O3. The summed E-state index contributed by atoms with van der Waals surface area (Å²) in [7, 11) is 1.94. The summed E-state index contributed by atoms with van der Waals surface area (Å²) in [6.07, 6.45) is -8.40. The molecule has 0 aromatic heterocycles. The van der Waals surface area contributed by atoms with Crippen LogP contribution in [0.1, 0.15) is 29.3 Å². The molecule has 1 aromatic carbocycles. The summed E-state index contributed by atoms with van der Waals surface area (Å²) in [5, 5.41) is 0. The molecule has 1 atom stereocenters. The molecule has 0 aliphatic heterocycles. The minimum Gasteiger partial charge on any atom is -0.465 e. The van der Waals surface area contributed by atoms with E-state index < -0.39 is 36.0 Å². The summed E-state index contributed by atoms with van der Waals surface area (Å²) in [6.45, 7) is 0.920. The number of carbonyl (C=O) groups excluding carboxylic acids is 1. The molecule has 0 saturated heterocycles. The quantitative estimate of drug-likeness (QED) is 0.540. The number of methoxy groups -OCH3 is 2. The Hall–Kier alpha value is -1.84. The van der Waals surface area contributed by atoms with E-state index in [1.807, 2.05) is 0 Å². The van der Waals surface area contributed by atoms with E-state index in [1.165, 1.54) is 12.1 Å². The third-order valence-corrected chi connectivity index (χ3v) is 3.72. The smallest absolute Gasteiger partial charge is 0.459 e. The first-order valence-electron chi connectivity index (χ1n) is 6.78. The molecule has 0 spiro atoms. The number of carbonyl (C=O) groups is 1. The molecule has 0 aliphatic carbocycles. The van der Waals surface area contributed by atoms with Crippen molar-refractivity contribution >= 4 is 5.97 Å². The van der Waals surface area contributed by atoms with E-state index >= 15 is 0 Å². The molecule has 0 fully saturated rings. The highest BCUT2D eigenvalue weighted by atomic mass is 19.4. The summed E-state index contributed by atoms with van der Waals surface area (Å²) in [6, 6.07) is 4.68. The number of hydrogen-bond acceptors (Lipinski definition) is 3. The summed E-state index contributed by atoms with van der Waals surface area (Å²) >= 11 is 0. The molecule has 25 heavy (non-hydrogen) atoms. The Morgan fingerprint density at radius 1 is 1.04 bits per heavy atom. The molecule has 0 radical (unpaired) electrons. The van der Waals surface area contributed by atoms with E-state index in [0.29, 0.717) is 0 Å². The van der Waals surface area contributed by atoms with Crippen molar-refractivity contribution < 1.29 is 45.0 Å². The van der Waals surface area contributed by atoms with Crippen LogP contribution in [0.3, 0.4) is 0 Å². The van der Waals surface area contributed by atoms with Crippen molar-refractivity contribution in [3.05, 3.63) is 35.4 Å². The first kappa shape index (κ1) is 21.2. The molecule has 1 rings (SSSR count). The Kier molecular flexibility index (Phi) is 5.78. The van der Waals surface area contributed by atoms with Crippen molar-refractivity contribution in [2.45, 2.75) is 37.0 Å². The van der Waals surface area contributed by atoms with Crippen LogP contribution in [0.15, 0.2) is 24.3 Å². The van der Waals surface area contributed by atoms with Crippen LogP contribution in [0.5, 0.6) is 0 Å². The SMILES string of the molecule is COC(=O)c1cccc(C(C)(CC(F)(F)C(F)(F)C(F)(F)F)OC)c1. The molecule has 0 saturated carbocycles. The second-order valence-corrected chi connectivity index (χ2v) is 5.46. The lowest BCUT2D eigenvalue weighted by Gasteiger charge is -2.36. The second-order valence-electron chi connectivity index (χ2n) is 5.46. The number of esters is 1. The largest absolute Gasteiger partial charge is 0.465 e. The van der Waals surface area contributed by atoms with Gasteiger partial charge in [-0.2, -0.15) is 30.7 Å². The van der Waals surface area contributed by atoms with E-state index in [9.17, 15) is 35.5 Å². The molecule has 0 N–H and O–H groups in total. The summed E-state index contributed by atoms with van der Waals surface area (Å²) < 4.78 is 99.9. The van der Waals surface area contributed by atoms with Gasteiger partial charge in [-0.25, -0.2) is 4.79 Å². The molecule has 0 heterocycles. The van der Waals surface area contributed by atoms with Gasteiger partial charge >= 0.3 is 24.0 Å². The zero-order valence-electron chi connectivity index (χ0n) is 13.4. The highest BCUT2D eigenvalue weighted by molar-refractivity contribution is 5.89. The lowest BCUT2D eigenvalue weighted by Crippen LogP contribution is -2.54. The number of rotatable bonds is 6. The van der Waals surface area contributed by atoms with Gasteiger partial charge in [-0.15, -0.1) is 0 Å². The molecule has 0 amide bonds. The van der Waals surface area contributed by atoms with Gasteiger partial charge in [0.1, 0.15) is 0 Å². The number of benzene rings is 1. The topological polar surface area (TPSA) is 35.5 Å². The maximum Gasteiger partial charge on any atom is 0.459 e. The molecule has 3 nitrogen and oxygen atoms in total. The third kappa shape index (κ3) is 4.05. The molecule has 10 heteroatoms. The Bertz CT molecular complexity index is 628. The maximum atomic E-state index is 13.7. The van der Waals surface area contributed by atoms with Gasteiger partial charge in [-0.05, 0) is 24.6 Å². The number of halogens is 7. The van der Waals surface area contributed by atoms with Gasteiger partial charge in [0.2, 0.25) is 0 Å². The van der Waals surface area contributed by atoms with Crippen molar-refractivity contribution in [1.29, 1.82) is 0 Å². The fourth-order valence-electron chi connectivity index (χ4n) is 2.13. The first-order valence-corrected chi connectivity index (χ1v) is 6.78. The van der Waals surface area contributed by atoms with Crippen molar-refractivity contribution in [1.82, 2.24) is 0 Å². The zero-order valence-corrected chi connectivity index (χ0v) is 13.4. The molecule has 1 aromatic rings. The van der Waals surface area contributed by atoms with Gasteiger partial charge in [0.15, 0.2) is 0 Å². The van der Waals surface area contributed by atoms with E-state index in [1.54, 1.807) is 0 Å². The maximum absolute atomic E-state index is 13.7. The van der Waals surface area contributed by atoms with Gasteiger partial charge < -0.3 is 9.47 Å². The van der Waals surface area contributed by atoms with Crippen LogP contribution in [0.4, 0.5) is 30.7 Å². The monoisotopic (exact) mass is 376 g/mol. The Balaban J connectivity index is 3.30. The predicted molar refractivity (Wildman–Crippen MR) is 72.7 cm³/mol. The van der Waals surface area contributed by atoms with Gasteiger partial charge in [-0.3, -0.25) is 0 Å². The second kappa shape index (κ2) is 6.81. The summed E-state index contributed by atoms with van der Waals surface area (Å²) in [5.74, 6) is -12.5. The normalized spacial score (nSPS) is 15.6. The Labute approximate surface area is 138 Å². The molecule has 0 aliphatic rings. The van der Waals surface area contributed by atoms with Crippen molar-refractivity contribution in [2.24, 2.45) is 0 Å². The van der Waals surface area contributed by atoms with E-state index in [0.717, 1.165) is 33.3 Å². The van der Waals surface area contributed by atoms with Crippen LogP contribution in [0.25, 0.3) is 0 Å². The van der Waals surface area contributed by atoms with Crippen molar-refractivity contribution in [2.75, 3.05) is 14.2 Å². The van der Waals surface area contributed by atoms with Crippen molar-refractivity contribution in [3.63, 3.8) is 0 Å². The summed E-state index contributed by atoms with van der Waals surface area (Å²) in [5.41, 5.74) is -2.51. The first-order chi connectivity index (χ1) is 11.2. The van der Waals surface area contributed by atoms with Gasteiger partial charge in [0.05, 0.1) is 24.7 Å². The molecule has 0 bridgehead atoms. The lowest BCUT2D eigenvalue weighted by molar-refractivity contribution is -0.361. The predicted octanol–water partition coefficient (Wildman–Crippen LogP) is 4.56. The lowest BCUT2D eigenvalue weighted by atomic mass is 9.86. The van der Waals surface area contributed by atoms with Gasteiger partial charge in [0, 0.05) is 7.11 Å². The Morgan fingerprint density at radius 3 is 2.04 bits per heavy atom. The standard InChI is InChI=1S/C15H15F7O3/c1-12(25-3,8-13(16,17)14(18,19)15(20,21)22)10-6-4-5-9(7-10)11(23)24-2/h4-7H,8H2,1-3H3. The van der Waals surface area contributed by atoms with E-state index in [4.69, 9.17) is 4.74 Å². The highest BCUT2D eigenvalue weighted by Crippen LogP contribution is 2.51. The number of ether oxygens (including phenoxy) is 2. The minimum absolute atomic E-state index is 0.103. The van der Waals surface area contributed by atoms with Gasteiger partial charge in [0.25, 0.3) is 0 Å². The van der Waals surface area contributed by atoms with E-state index in [2.05, 4.69) is 4.74 Å². The van der Waals surface area contributed by atoms with E-state index in [-0.39, 0.29) is 11.1 Å². The average Bonchev–Trinajstić information content (AvgIpc) is 2.52. The number of alkyl halides is 7. The fraction of sp³-hybridized carbons (Fsp3) is 0.533. The molecule has 1 unspecified atom stereocenters. The molecular weight excluding hydrogens is 361 g/mol. The fourth-order valence-corrected chi connectivity index (χ4v) is 2.13. The van der Waals surface area contributed by atoms with Gasteiger partial charge in [-0.1, -0.05) is 12.1 Å². The van der Waals surface area contributed by atoms with Crippen LogP contribution < -0.4 is 0 Å². The summed E-state index contributed by atoms with van der Waals surface area (Å²) in [4.78, 5) is 11.5. The van der Waals surface area contributed by atoms with Crippen LogP contribution in [0, 0.1) is 0 Å². The highest BCUT2D eigenvalue weighted by Gasteiger charge is 2.73. The van der Waals surface area contributed by atoms with Crippen LogP contribution in [-0.4, -0.2) is 38.2 Å². The average molecular weight is 376 g/mol.